The van der Waals surface area contributed by atoms with Gasteiger partial charge in [-0.3, -0.25) is 19.3 Å². The topological polar surface area (TPSA) is 97.0 Å². The summed E-state index contributed by atoms with van der Waals surface area (Å²) in [4.78, 5) is 42.0. The first-order valence-electron chi connectivity index (χ1n) is 11.9. The summed E-state index contributed by atoms with van der Waals surface area (Å²) < 4.78 is 10.7. The molecular formula is C28H33N3O5S. The molecule has 0 spiro atoms. The van der Waals surface area contributed by atoms with E-state index in [1.54, 1.807) is 80.3 Å². The Kier molecular flexibility index (Phi) is 9.30. The summed E-state index contributed by atoms with van der Waals surface area (Å²) in [5, 5.41) is 7.55. The van der Waals surface area contributed by atoms with Crippen LogP contribution in [-0.2, 0) is 9.59 Å². The smallest absolute Gasteiger partial charge is 0.261 e. The first-order chi connectivity index (χ1) is 17.7. The molecule has 37 heavy (non-hydrogen) atoms. The lowest BCUT2D eigenvalue weighted by molar-refractivity contribution is -0.127. The minimum atomic E-state index is -1.03. The number of hydrogen-bond acceptors (Lipinski definition) is 6. The second-order valence-corrected chi connectivity index (χ2v) is 9.98. The van der Waals surface area contributed by atoms with Gasteiger partial charge in [-0.25, -0.2) is 0 Å². The number of methoxy groups -OCH3 is 2. The maximum Gasteiger partial charge on any atom is 0.261 e. The third-order valence-electron chi connectivity index (χ3n) is 6.03. The molecule has 1 unspecified atom stereocenters. The highest BCUT2D eigenvalue weighted by Crippen LogP contribution is 2.32. The number of nitrogens with zero attached hydrogens (tertiary/aromatic N) is 1. The Morgan fingerprint density at radius 1 is 0.973 bits per heavy atom. The molecule has 0 aliphatic heterocycles. The van der Waals surface area contributed by atoms with E-state index >= 15 is 0 Å². The summed E-state index contributed by atoms with van der Waals surface area (Å²) in [5.41, 5.74) is 0.543. The van der Waals surface area contributed by atoms with E-state index < -0.39 is 17.5 Å². The molecule has 3 aromatic rings. The predicted octanol–water partition coefficient (Wildman–Crippen LogP) is 4.57. The summed E-state index contributed by atoms with van der Waals surface area (Å²) in [5.74, 6) is 0.00329. The minimum Gasteiger partial charge on any atom is -0.497 e. The molecule has 0 bridgehead atoms. The van der Waals surface area contributed by atoms with Crippen molar-refractivity contribution in [2.75, 3.05) is 25.7 Å². The number of carbonyl (C=O) groups is 3. The lowest BCUT2D eigenvalue weighted by Crippen LogP contribution is -2.52. The Balaban J connectivity index is 2.06. The molecule has 0 aliphatic carbocycles. The Bertz CT molecular complexity index is 1210. The van der Waals surface area contributed by atoms with Crippen molar-refractivity contribution >= 4 is 34.7 Å². The molecule has 8 nitrogen and oxygen atoms in total. The zero-order chi connectivity index (χ0) is 27.0. The third kappa shape index (κ3) is 7.10. The molecule has 0 saturated heterocycles. The van der Waals surface area contributed by atoms with Crippen molar-refractivity contribution in [1.82, 2.24) is 10.6 Å². The normalized spacial score (nSPS) is 11.8. The number of anilines is 1. The van der Waals surface area contributed by atoms with Crippen LogP contribution in [0.1, 0.15) is 48.5 Å². The van der Waals surface area contributed by atoms with Crippen LogP contribution in [0, 0.1) is 0 Å². The second kappa shape index (κ2) is 12.4. The van der Waals surface area contributed by atoms with E-state index in [1.165, 1.54) is 16.2 Å². The summed E-state index contributed by atoms with van der Waals surface area (Å²) in [6, 6.07) is 16.3. The molecule has 1 atom stereocenters. The van der Waals surface area contributed by atoms with Crippen molar-refractivity contribution in [3.8, 4) is 11.5 Å². The van der Waals surface area contributed by atoms with Crippen LogP contribution in [-0.4, -0.2) is 44.0 Å². The summed E-state index contributed by atoms with van der Waals surface area (Å²) in [7, 11) is 3.10. The van der Waals surface area contributed by atoms with Gasteiger partial charge in [0, 0.05) is 11.2 Å². The van der Waals surface area contributed by atoms with Gasteiger partial charge in [-0.2, -0.15) is 0 Å². The van der Waals surface area contributed by atoms with Gasteiger partial charge in [-0.1, -0.05) is 25.1 Å². The molecule has 2 N–H and O–H groups in total. The van der Waals surface area contributed by atoms with Gasteiger partial charge in [0.15, 0.2) is 0 Å². The number of benzene rings is 2. The number of carbonyl (C=O) groups excluding carboxylic acids is 3. The maximum absolute atomic E-state index is 13.8. The number of nitrogens with one attached hydrogen (secondary N) is 2. The van der Waals surface area contributed by atoms with E-state index in [4.69, 9.17) is 9.47 Å². The first kappa shape index (κ1) is 27.7. The maximum atomic E-state index is 13.8. The lowest BCUT2D eigenvalue weighted by Gasteiger charge is -2.34. The van der Waals surface area contributed by atoms with Crippen LogP contribution >= 0.6 is 11.3 Å². The van der Waals surface area contributed by atoms with Crippen molar-refractivity contribution in [3.05, 3.63) is 76.5 Å². The summed E-state index contributed by atoms with van der Waals surface area (Å²) >= 11 is 1.28. The van der Waals surface area contributed by atoms with Crippen LogP contribution in [0.4, 0.5) is 5.69 Å². The van der Waals surface area contributed by atoms with E-state index in [0.29, 0.717) is 34.0 Å². The molecule has 0 saturated carbocycles. The van der Waals surface area contributed by atoms with E-state index in [0.717, 1.165) is 0 Å². The molecule has 0 fully saturated rings. The molecule has 3 amide bonds. The molecule has 1 aromatic heterocycles. The average molecular weight is 524 g/mol. The largest absolute Gasteiger partial charge is 0.497 e. The zero-order valence-corrected chi connectivity index (χ0v) is 22.6. The number of thiophene rings is 1. The molecule has 2 aromatic carbocycles. The van der Waals surface area contributed by atoms with Crippen molar-refractivity contribution in [3.63, 3.8) is 0 Å². The highest BCUT2D eigenvalue weighted by atomic mass is 32.1. The van der Waals surface area contributed by atoms with Gasteiger partial charge in [0.1, 0.15) is 17.5 Å². The van der Waals surface area contributed by atoms with Crippen molar-refractivity contribution in [2.24, 2.45) is 0 Å². The van der Waals surface area contributed by atoms with Crippen LogP contribution in [0.2, 0.25) is 0 Å². The molecule has 9 heteroatoms. The Morgan fingerprint density at radius 2 is 1.68 bits per heavy atom. The van der Waals surface area contributed by atoms with Crippen molar-refractivity contribution in [2.45, 2.75) is 38.8 Å². The highest BCUT2D eigenvalue weighted by Gasteiger charge is 2.35. The summed E-state index contributed by atoms with van der Waals surface area (Å²) in [6.45, 7) is 5.53. The number of amides is 3. The Hall–Kier alpha value is -3.85. The Morgan fingerprint density at radius 3 is 2.27 bits per heavy atom. The van der Waals surface area contributed by atoms with Crippen LogP contribution in [0.15, 0.2) is 66.0 Å². The number of ether oxygens (including phenoxy) is 2. The molecule has 0 radical (unpaired) electrons. The fourth-order valence-corrected chi connectivity index (χ4v) is 4.28. The quantitative estimate of drug-likeness (QED) is 0.384. The molecule has 0 aliphatic rings. The molecule has 196 valence electrons. The van der Waals surface area contributed by atoms with Crippen LogP contribution in [0.3, 0.4) is 0 Å². The molecule has 1 heterocycles. The molecule has 3 rings (SSSR count). The zero-order valence-electron chi connectivity index (χ0n) is 21.7. The van der Waals surface area contributed by atoms with Crippen LogP contribution in [0.5, 0.6) is 11.5 Å². The van der Waals surface area contributed by atoms with Gasteiger partial charge < -0.3 is 20.1 Å². The Labute approximate surface area is 221 Å². The van der Waals surface area contributed by atoms with Gasteiger partial charge in [0.2, 0.25) is 11.8 Å². The summed E-state index contributed by atoms with van der Waals surface area (Å²) in [6.07, 6.45) is 0.691. The molecular weight excluding hydrogens is 490 g/mol. The number of hydrogen-bond donors (Lipinski definition) is 2. The average Bonchev–Trinajstić information content (AvgIpc) is 3.45. The van der Waals surface area contributed by atoms with Crippen LogP contribution in [0.25, 0.3) is 0 Å². The van der Waals surface area contributed by atoms with E-state index in [-0.39, 0.29) is 18.4 Å². The third-order valence-corrected chi connectivity index (χ3v) is 6.89. The van der Waals surface area contributed by atoms with Crippen molar-refractivity contribution in [1.29, 1.82) is 0 Å². The van der Waals surface area contributed by atoms with E-state index in [1.807, 2.05) is 20.8 Å². The minimum absolute atomic E-state index is 0.298. The van der Waals surface area contributed by atoms with Gasteiger partial charge in [0.25, 0.3) is 5.91 Å². The van der Waals surface area contributed by atoms with Crippen LogP contribution < -0.4 is 25.0 Å². The fourth-order valence-electron chi connectivity index (χ4n) is 3.64. The predicted molar refractivity (Wildman–Crippen MR) is 145 cm³/mol. The second-order valence-electron chi connectivity index (χ2n) is 9.03. The van der Waals surface area contributed by atoms with Gasteiger partial charge in [-0.05, 0) is 73.7 Å². The van der Waals surface area contributed by atoms with Gasteiger partial charge in [0.05, 0.1) is 25.6 Å². The lowest BCUT2D eigenvalue weighted by atomic mass is 9.98. The fraction of sp³-hybridized carbons (Fsp3) is 0.321. The van der Waals surface area contributed by atoms with Gasteiger partial charge in [-0.15, -0.1) is 11.3 Å². The van der Waals surface area contributed by atoms with E-state index in [2.05, 4.69) is 10.6 Å². The monoisotopic (exact) mass is 523 g/mol. The number of rotatable bonds is 11. The highest BCUT2D eigenvalue weighted by molar-refractivity contribution is 7.12. The van der Waals surface area contributed by atoms with Crippen molar-refractivity contribution < 1.29 is 23.9 Å². The SMILES string of the molecule is CCC(C)(C)NC(=O)C(c1cccc(OC)c1)N(C(=O)CNC(=O)c1cccs1)c1ccc(OC)cc1. The van der Waals surface area contributed by atoms with E-state index in [9.17, 15) is 14.4 Å². The van der Waals surface area contributed by atoms with Gasteiger partial charge >= 0.3 is 0 Å². The standard InChI is InChI=1S/C28H33N3O5S/c1-6-28(2,3)30-27(34)25(19-9-7-10-22(17-19)36-5)31(20-12-14-21(35-4)15-13-20)24(32)18-29-26(33)23-11-8-16-37-23/h7-17,25H,6,18H2,1-5H3,(H,29,33)(H,30,34). The first-order valence-corrected chi connectivity index (χ1v) is 12.8.